The van der Waals surface area contributed by atoms with Crippen LogP contribution in [0.3, 0.4) is 0 Å². The molecule has 0 unspecified atom stereocenters. The number of nitro groups is 2. The number of benzene rings is 3. The molecule has 2 amide bonds. The van der Waals surface area contributed by atoms with Crippen LogP contribution in [-0.2, 0) is 0 Å². The van der Waals surface area contributed by atoms with Crippen LogP contribution in [0.2, 0.25) is 5.02 Å². The van der Waals surface area contributed by atoms with Crippen LogP contribution in [-0.4, -0.2) is 21.7 Å². The average molecular weight is 457 g/mol. The number of hydrogen-bond donors (Lipinski definition) is 2. The molecule has 0 fully saturated rings. The summed E-state index contributed by atoms with van der Waals surface area (Å²) in [6.07, 6.45) is 0. The van der Waals surface area contributed by atoms with Crippen molar-refractivity contribution in [2.24, 2.45) is 0 Å². The fourth-order valence-electron chi connectivity index (χ4n) is 2.54. The van der Waals surface area contributed by atoms with Crippen molar-refractivity contribution < 1.29 is 24.2 Å². The van der Waals surface area contributed by atoms with Gasteiger partial charge < -0.3 is 4.74 Å². The van der Waals surface area contributed by atoms with E-state index in [1.165, 1.54) is 54.6 Å². The third-order valence-corrected chi connectivity index (χ3v) is 4.31. The first-order valence-corrected chi connectivity index (χ1v) is 9.19. The largest absolute Gasteiger partial charge is 0.450 e. The van der Waals surface area contributed by atoms with E-state index in [4.69, 9.17) is 16.3 Å². The summed E-state index contributed by atoms with van der Waals surface area (Å²) < 4.78 is 5.49. The zero-order valence-electron chi connectivity index (χ0n) is 16.0. The van der Waals surface area contributed by atoms with Gasteiger partial charge in [-0.05, 0) is 42.5 Å². The van der Waals surface area contributed by atoms with Gasteiger partial charge in [-0.2, -0.15) is 0 Å². The maximum Gasteiger partial charge on any atom is 0.313 e. The maximum absolute atomic E-state index is 12.2. The van der Waals surface area contributed by atoms with Gasteiger partial charge in [0, 0.05) is 34.3 Å². The number of nitro benzene ring substituents is 2. The number of non-ortho nitro benzene ring substituents is 1. The van der Waals surface area contributed by atoms with Crippen LogP contribution in [0, 0.1) is 20.2 Å². The zero-order chi connectivity index (χ0) is 23.3. The molecule has 2 N–H and O–H groups in total. The Labute approximate surface area is 184 Å². The molecule has 0 bridgehead atoms. The van der Waals surface area contributed by atoms with Gasteiger partial charge in [-0.3, -0.25) is 40.7 Å². The number of rotatable bonds is 6. The number of nitrogens with one attached hydrogen (secondary N) is 2. The summed E-state index contributed by atoms with van der Waals surface area (Å²) in [5.74, 6) is -1.20. The van der Waals surface area contributed by atoms with Crippen molar-refractivity contribution in [1.29, 1.82) is 0 Å². The minimum Gasteiger partial charge on any atom is -0.450 e. The SMILES string of the molecule is O=C(NNC(=O)c1cccc([N+](=O)[O-])c1)c1ccc(Oc2ccc(Cl)cc2[N+](=O)[O-])cc1. The smallest absolute Gasteiger partial charge is 0.313 e. The van der Waals surface area contributed by atoms with E-state index in [2.05, 4.69) is 10.9 Å². The van der Waals surface area contributed by atoms with Crippen LogP contribution in [0.5, 0.6) is 11.5 Å². The lowest BCUT2D eigenvalue weighted by molar-refractivity contribution is -0.385. The molecule has 0 radical (unpaired) electrons. The highest BCUT2D eigenvalue weighted by Crippen LogP contribution is 2.33. The number of carbonyl (C=O) groups excluding carboxylic acids is 2. The molecule has 0 aromatic heterocycles. The Morgan fingerprint density at radius 3 is 2.09 bits per heavy atom. The Kier molecular flexibility index (Phi) is 6.61. The predicted molar refractivity (Wildman–Crippen MR) is 113 cm³/mol. The van der Waals surface area contributed by atoms with Gasteiger partial charge in [0.05, 0.1) is 9.85 Å². The monoisotopic (exact) mass is 456 g/mol. The molecule has 12 heteroatoms. The van der Waals surface area contributed by atoms with Crippen molar-refractivity contribution in [2.75, 3.05) is 0 Å². The first-order valence-electron chi connectivity index (χ1n) is 8.81. The minimum absolute atomic E-state index is 0.00666. The van der Waals surface area contributed by atoms with Crippen molar-refractivity contribution in [3.63, 3.8) is 0 Å². The Bertz CT molecular complexity index is 1210. The number of carbonyl (C=O) groups is 2. The van der Waals surface area contributed by atoms with Gasteiger partial charge in [0.25, 0.3) is 17.5 Å². The summed E-state index contributed by atoms with van der Waals surface area (Å²) >= 11 is 5.77. The molecule has 32 heavy (non-hydrogen) atoms. The Morgan fingerprint density at radius 1 is 0.812 bits per heavy atom. The molecule has 0 spiro atoms. The van der Waals surface area contributed by atoms with Crippen LogP contribution in [0.1, 0.15) is 20.7 Å². The van der Waals surface area contributed by atoms with Crippen LogP contribution in [0.25, 0.3) is 0 Å². The summed E-state index contributed by atoms with van der Waals surface area (Å²) in [5.41, 5.74) is 3.92. The standard InChI is InChI=1S/C20H13ClN4O7/c21-14-6-9-18(17(11-14)25(30)31)32-16-7-4-12(5-8-16)19(26)22-23-20(27)13-2-1-3-15(10-13)24(28)29/h1-11H,(H,22,26)(H,23,27). The van der Waals surface area contributed by atoms with E-state index in [9.17, 15) is 29.8 Å². The topological polar surface area (TPSA) is 154 Å². The van der Waals surface area contributed by atoms with Crippen molar-refractivity contribution in [3.8, 4) is 11.5 Å². The van der Waals surface area contributed by atoms with E-state index in [-0.39, 0.29) is 39.0 Å². The van der Waals surface area contributed by atoms with Crippen LogP contribution in [0.15, 0.2) is 66.7 Å². The van der Waals surface area contributed by atoms with Gasteiger partial charge in [0.2, 0.25) is 5.75 Å². The quantitative estimate of drug-likeness (QED) is 0.419. The first-order chi connectivity index (χ1) is 15.2. The molecular formula is C20H13ClN4O7. The van der Waals surface area contributed by atoms with Gasteiger partial charge in [-0.25, -0.2) is 0 Å². The molecule has 0 saturated heterocycles. The number of nitrogens with zero attached hydrogens (tertiary/aromatic N) is 2. The van der Waals surface area contributed by atoms with Crippen LogP contribution >= 0.6 is 11.6 Å². The number of ether oxygens (including phenoxy) is 1. The highest BCUT2D eigenvalue weighted by molar-refractivity contribution is 6.30. The maximum atomic E-state index is 12.2. The normalized spacial score (nSPS) is 10.2. The lowest BCUT2D eigenvalue weighted by Crippen LogP contribution is -2.41. The lowest BCUT2D eigenvalue weighted by atomic mass is 10.2. The Morgan fingerprint density at radius 2 is 1.47 bits per heavy atom. The number of hydrogen-bond acceptors (Lipinski definition) is 7. The van der Waals surface area contributed by atoms with E-state index in [1.807, 2.05) is 0 Å². The lowest BCUT2D eigenvalue weighted by Gasteiger charge is -2.09. The molecular weight excluding hydrogens is 444 g/mol. The second kappa shape index (κ2) is 9.53. The van der Waals surface area contributed by atoms with E-state index < -0.39 is 21.7 Å². The molecule has 0 heterocycles. The van der Waals surface area contributed by atoms with Crippen molar-refractivity contribution in [1.82, 2.24) is 10.9 Å². The van der Waals surface area contributed by atoms with Gasteiger partial charge >= 0.3 is 5.69 Å². The van der Waals surface area contributed by atoms with E-state index in [1.54, 1.807) is 0 Å². The average Bonchev–Trinajstić information content (AvgIpc) is 2.78. The molecule has 162 valence electrons. The van der Waals surface area contributed by atoms with Crippen LogP contribution < -0.4 is 15.6 Å². The van der Waals surface area contributed by atoms with Crippen molar-refractivity contribution in [3.05, 3.63) is 103 Å². The van der Waals surface area contributed by atoms with Gasteiger partial charge in [0.15, 0.2) is 0 Å². The molecule has 11 nitrogen and oxygen atoms in total. The summed E-state index contributed by atoms with van der Waals surface area (Å²) in [6, 6.07) is 14.5. The molecule has 0 aliphatic rings. The van der Waals surface area contributed by atoms with Gasteiger partial charge in [0.1, 0.15) is 5.75 Å². The summed E-state index contributed by atoms with van der Waals surface area (Å²) in [6.45, 7) is 0. The van der Waals surface area contributed by atoms with E-state index in [0.29, 0.717) is 0 Å². The van der Waals surface area contributed by atoms with E-state index in [0.717, 1.165) is 12.1 Å². The molecule has 0 atom stereocenters. The van der Waals surface area contributed by atoms with Crippen molar-refractivity contribution >= 4 is 34.8 Å². The molecule has 3 rings (SSSR count). The zero-order valence-corrected chi connectivity index (χ0v) is 16.7. The van der Waals surface area contributed by atoms with Gasteiger partial charge in [-0.1, -0.05) is 17.7 Å². The number of amides is 2. The molecule has 3 aromatic carbocycles. The Balaban J connectivity index is 1.63. The summed E-state index contributed by atoms with van der Waals surface area (Å²) in [4.78, 5) is 45.0. The minimum atomic E-state index is -0.739. The second-order valence-electron chi connectivity index (χ2n) is 6.21. The van der Waals surface area contributed by atoms with Gasteiger partial charge in [-0.15, -0.1) is 0 Å². The third kappa shape index (κ3) is 5.34. The summed E-state index contributed by atoms with van der Waals surface area (Å²) in [5, 5.41) is 22.1. The molecule has 0 aliphatic carbocycles. The summed E-state index contributed by atoms with van der Waals surface area (Å²) in [7, 11) is 0. The third-order valence-electron chi connectivity index (χ3n) is 4.07. The van der Waals surface area contributed by atoms with Crippen molar-refractivity contribution in [2.45, 2.75) is 0 Å². The van der Waals surface area contributed by atoms with Crippen LogP contribution in [0.4, 0.5) is 11.4 Å². The Hall–Kier alpha value is -4.51. The first kappa shape index (κ1) is 22.2. The predicted octanol–water partition coefficient (Wildman–Crippen LogP) is 4.02. The number of halogens is 1. The number of hydrazine groups is 1. The molecule has 3 aromatic rings. The second-order valence-corrected chi connectivity index (χ2v) is 6.65. The highest BCUT2D eigenvalue weighted by Gasteiger charge is 2.17. The fraction of sp³-hybridized carbons (Fsp3) is 0. The fourth-order valence-corrected chi connectivity index (χ4v) is 2.71. The molecule has 0 aliphatic heterocycles. The highest BCUT2D eigenvalue weighted by atomic mass is 35.5. The van der Waals surface area contributed by atoms with E-state index >= 15 is 0 Å². The molecule has 0 saturated carbocycles.